The van der Waals surface area contributed by atoms with Gasteiger partial charge in [-0.3, -0.25) is 44.7 Å². The zero-order chi connectivity index (χ0) is 86.5. The second-order valence-corrected chi connectivity index (χ2v) is 31.7. The number of rotatable bonds is 19. The molecule has 6 aliphatic heterocycles. The van der Waals surface area contributed by atoms with Crippen LogP contribution in [0.15, 0.2) is 172 Å². The largest absolute Gasteiger partial charge is 0.496 e. The van der Waals surface area contributed by atoms with Crippen molar-refractivity contribution in [3.8, 4) is 11.5 Å². The minimum Gasteiger partial charge on any atom is -0.496 e. The topological polar surface area (TPSA) is 398 Å². The van der Waals surface area contributed by atoms with Gasteiger partial charge in [0.1, 0.15) is 69.3 Å². The summed E-state index contributed by atoms with van der Waals surface area (Å²) in [4.78, 5) is 74.5. The number of aromatic nitrogens is 17. The van der Waals surface area contributed by atoms with E-state index >= 15 is 0 Å². The van der Waals surface area contributed by atoms with Crippen molar-refractivity contribution in [2.45, 2.75) is 204 Å². The number of fused-ring (bicyclic) bond motifs is 6. The molecule has 0 unspecified atom stereocenters. The Hall–Kier alpha value is -13.6. The first-order valence-corrected chi connectivity index (χ1v) is 40.3. The lowest BCUT2D eigenvalue weighted by atomic mass is 9.91. The molecule has 0 atom stereocenters. The Morgan fingerprint density at radius 2 is 1.07 bits per heavy atom. The second-order valence-electron chi connectivity index (χ2n) is 31.7. The molecule has 121 heavy (non-hydrogen) atoms. The summed E-state index contributed by atoms with van der Waals surface area (Å²) < 4.78 is 31.4. The second kappa shape index (κ2) is 38.0. The average molecular weight is 1640 g/mol. The Bertz CT molecular complexity index is 5800. The first-order chi connectivity index (χ1) is 58.1. The number of amides is 1. The highest BCUT2D eigenvalue weighted by Gasteiger charge is 2.35. The number of aryl methyl sites for hydroxylation is 1. The molecule has 15 heterocycles. The molecule has 0 saturated heterocycles. The van der Waals surface area contributed by atoms with E-state index < -0.39 is 5.97 Å². The van der Waals surface area contributed by atoms with Gasteiger partial charge in [0.15, 0.2) is 28.9 Å². The van der Waals surface area contributed by atoms with Crippen LogP contribution in [-0.2, 0) is 71.4 Å². The van der Waals surface area contributed by atoms with Gasteiger partial charge in [-0.2, -0.15) is 40.7 Å². The normalized spacial score (nSPS) is 13.8. The molecule has 0 fully saturated rings. The van der Waals surface area contributed by atoms with Gasteiger partial charge in [0.25, 0.3) is 11.9 Å². The number of para-hydroxylation sites is 2. The summed E-state index contributed by atoms with van der Waals surface area (Å²) in [6.07, 6.45) is 9.55. The van der Waals surface area contributed by atoms with Crippen molar-refractivity contribution in [3.05, 3.63) is 213 Å². The molecule has 0 saturated carbocycles. The van der Waals surface area contributed by atoms with Crippen LogP contribution in [-0.4, -0.2) is 171 Å². The van der Waals surface area contributed by atoms with E-state index in [4.69, 9.17) is 29.1 Å². The van der Waals surface area contributed by atoms with Crippen molar-refractivity contribution in [2.24, 2.45) is 50.4 Å². The molecule has 2 aromatic carbocycles. The number of benzene rings is 2. The maximum atomic E-state index is 12.0. The monoisotopic (exact) mass is 1640 g/mol. The van der Waals surface area contributed by atoms with Crippen molar-refractivity contribution in [2.75, 3.05) is 27.9 Å². The third-order valence-corrected chi connectivity index (χ3v) is 19.4. The van der Waals surface area contributed by atoms with Gasteiger partial charge in [0.2, 0.25) is 0 Å². The maximum absolute atomic E-state index is 12.0. The SMILES string of the molecule is CC(C)NC(=O)c1cc2n(n1)C(c1ccccn1)=NC2.CC1=NCc2c(N=Nc3ncn[nH]3)c(C(C)(C)C)nn21.CCC1=NCc2c(C(=O)OC)c(CC)nn21.CCCCC1=NCc2c(N=Nc3ccccc3OC)c(C(C)(C)C)nn21.CCOC(=O)c1cc2n(n1)C(c1ccccn1)=NC2.COc1ccccc1C1=NCc2cc(C(C)(C)C)nn21. The first-order valence-electron chi connectivity index (χ1n) is 40.3. The summed E-state index contributed by atoms with van der Waals surface area (Å²) in [5, 5.41) is 53.9. The number of azo groups is 2. The fraction of sp³-hybridized carbons (Fsp3) is 0.407. The molecular weight excluding hydrogens is 1540 g/mol. The van der Waals surface area contributed by atoms with E-state index in [1.165, 1.54) is 13.4 Å². The highest BCUT2D eigenvalue weighted by molar-refractivity contribution is 6.04. The van der Waals surface area contributed by atoms with Gasteiger partial charge >= 0.3 is 11.9 Å². The Morgan fingerprint density at radius 1 is 0.521 bits per heavy atom. The molecule has 1 amide bonds. The average Bonchev–Trinajstić information content (AvgIpc) is 1.63. The van der Waals surface area contributed by atoms with E-state index in [2.05, 4.69) is 177 Å². The molecule has 630 valence electrons. The van der Waals surface area contributed by atoms with Crippen LogP contribution in [0.3, 0.4) is 0 Å². The fourth-order valence-corrected chi connectivity index (χ4v) is 13.3. The lowest BCUT2D eigenvalue weighted by molar-refractivity contribution is 0.0517. The van der Waals surface area contributed by atoms with Crippen molar-refractivity contribution in [3.63, 3.8) is 0 Å². The predicted octanol–water partition coefficient (Wildman–Crippen LogP) is 14.9. The van der Waals surface area contributed by atoms with Gasteiger partial charge in [-0.1, -0.05) is 126 Å². The van der Waals surface area contributed by atoms with Crippen LogP contribution in [0.4, 0.5) is 23.0 Å². The zero-order valence-electron chi connectivity index (χ0n) is 72.1. The number of nitrogens with zero attached hydrogens (tertiary/aromatic N) is 26. The number of H-pyrrole nitrogens is 1. The summed E-state index contributed by atoms with van der Waals surface area (Å²) in [5.74, 6) is 6.06. The zero-order valence-corrected chi connectivity index (χ0v) is 72.1. The Balaban J connectivity index is 0.000000134. The summed E-state index contributed by atoms with van der Waals surface area (Å²) in [7, 11) is 4.71. The number of hydrogen-bond acceptors (Lipinski definition) is 27. The van der Waals surface area contributed by atoms with Crippen molar-refractivity contribution in [1.29, 1.82) is 0 Å². The molecular formula is C86H104N28O7. The number of aliphatic imine (C=N–C) groups is 6. The van der Waals surface area contributed by atoms with Crippen LogP contribution in [0, 0.1) is 0 Å². The van der Waals surface area contributed by atoms with Gasteiger partial charge in [-0.15, -0.1) is 20.5 Å². The number of carbonyl (C=O) groups is 3. The molecule has 0 aliphatic carbocycles. The van der Waals surface area contributed by atoms with E-state index in [0.717, 1.165) is 146 Å². The number of unbranched alkanes of at least 4 members (excludes halogenated alkanes) is 1. The number of carbonyl (C=O) groups excluding carboxylic acids is 3. The third kappa shape index (κ3) is 19.7. The number of aromatic amines is 1. The number of methoxy groups -OCH3 is 3. The minimum absolute atomic E-state index is 0.0449. The quantitative estimate of drug-likeness (QED) is 0.0561. The lowest BCUT2D eigenvalue weighted by Gasteiger charge is -2.16. The molecule has 35 heteroatoms. The van der Waals surface area contributed by atoms with Crippen LogP contribution in [0.5, 0.6) is 11.5 Å². The Labute approximate surface area is 702 Å². The standard InChI is InChI=1S/C20H27N5O.C16H19N3O.C14H15N5O.C13H12N4O2.C12H16N8.C11H15N3O2/c1-6-7-12-17-21-13-15-18(19(20(2,3)4)24-25(15)17)23-22-14-10-8-9-11-16(14)26-5;1-16(2,3)14-9-11-10-17-15(19(11)18-14)12-7-5-6-8-13(12)20-4;1-9(2)17-14(20)12-7-10-8-16-13(19(10)18-12)11-5-3-4-6-15-11;1-2-19-13(18)11-7-9-8-15-12(17(9)16-11)10-5-3-4-6-14-10;1-7-13-5-8-9(16-18-11-14-6-15-17-11)10(12(2,3)4)19-20(7)8;1-4-7-10(11(15)16-3)8-6-12-9(5-2)14(8)13-7/h8-11H,6-7,12-13H2,1-5H3;5-9H,10H2,1-4H3;3-7,9H,8H2,1-2H3,(H,17,20);3-7H,2,8H2,1H3;6H,5H2,1-4H3,(H,14,15,17);4-6H2,1-3H3. The van der Waals surface area contributed by atoms with Crippen molar-refractivity contribution in [1.82, 2.24) is 89.1 Å². The molecule has 9 aromatic heterocycles. The minimum atomic E-state index is -0.412. The highest BCUT2D eigenvalue weighted by Crippen LogP contribution is 2.40. The fourth-order valence-electron chi connectivity index (χ4n) is 13.3. The highest BCUT2D eigenvalue weighted by atomic mass is 16.5. The smallest absolute Gasteiger partial charge is 0.358 e. The number of esters is 2. The molecule has 17 rings (SSSR count). The molecule has 2 N–H and O–H groups in total. The molecule has 0 radical (unpaired) electrons. The first kappa shape index (κ1) is 86.7. The van der Waals surface area contributed by atoms with Crippen molar-refractivity contribution < 1.29 is 33.3 Å². The van der Waals surface area contributed by atoms with Crippen molar-refractivity contribution >= 4 is 75.9 Å². The molecule has 35 nitrogen and oxygen atoms in total. The van der Waals surface area contributed by atoms with Gasteiger partial charge in [0, 0.05) is 47.5 Å². The van der Waals surface area contributed by atoms with Crippen LogP contribution >= 0.6 is 0 Å². The predicted molar refractivity (Wildman–Crippen MR) is 460 cm³/mol. The van der Waals surface area contributed by atoms with E-state index in [1.807, 2.05) is 134 Å². The number of nitrogens with one attached hydrogen (secondary N) is 2. The van der Waals surface area contributed by atoms with Crippen LogP contribution in [0.1, 0.15) is 242 Å². The van der Waals surface area contributed by atoms with Gasteiger partial charge < -0.3 is 24.3 Å². The summed E-state index contributed by atoms with van der Waals surface area (Å²) in [6.45, 7) is 36.8. The van der Waals surface area contributed by atoms with Gasteiger partial charge in [-0.25, -0.2) is 42.8 Å². The lowest BCUT2D eigenvalue weighted by Crippen LogP contribution is -2.30. The summed E-state index contributed by atoms with van der Waals surface area (Å²) in [6, 6.07) is 32.5. The van der Waals surface area contributed by atoms with Gasteiger partial charge in [-0.05, 0) is 107 Å². The summed E-state index contributed by atoms with van der Waals surface area (Å²) >= 11 is 0. The maximum Gasteiger partial charge on any atom is 0.358 e. The van der Waals surface area contributed by atoms with E-state index in [9.17, 15) is 14.4 Å². The third-order valence-electron chi connectivity index (χ3n) is 19.4. The van der Waals surface area contributed by atoms with Gasteiger partial charge in [0.05, 0.1) is 130 Å². The molecule has 11 aromatic rings. The Kier molecular flexibility index (Phi) is 27.2. The van der Waals surface area contributed by atoms with E-state index in [1.54, 1.807) is 59.7 Å². The number of hydrogen-bond donors (Lipinski definition) is 2. The van der Waals surface area contributed by atoms with Crippen LogP contribution in [0.2, 0.25) is 0 Å². The molecule has 0 spiro atoms. The van der Waals surface area contributed by atoms with Crippen LogP contribution < -0.4 is 14.8 Å². The molecule has 6 aliphatic rings. The number of pyridine rings is 2. The van der Waals surface area contributed by atoms with E-state index in [0.29, 0.717) is 91.9 Å². The van der Waals surface area contributed by atoms with Crippen LogP contribution in [0.25, 0.3) is 0 Å². The van der Waals surface area contributed by atoms with E-state index in [-0.39, 0.29) is 34.2 Å². The number of ether oxygens (including phenoxy) is 4. The molecule has 0 bridgehead atoms. The Morgan fingerprint density at radius 3 is 1.64 bits per heavy atom. The summed E-state index contributed by atoms with van der Waals surface area (Å²) in [5.41, 5.74) is 15.4.